The molecule has 0 N–H and O–H groups in total. The van der Waals surface area contributed by atoms with Gasteiger partial charge in [0.05, 0.1) is 17.0 Å². The number of hydrogen-bond acceptors (Lipinski definition) is 3. The number of aromatic nitrogens is 3. The first-order valence-electron chi connectivity index (χ1n) is 10.4. The Hall–Kier alpha value is -3.37. The Bertz CT molecular complexity index is 1460. The molecule has 0 aliphatic carbocycles. The Morgan fingerprint density at radius 2 is 1.42 bits per heavy atom. The summed E-state index contributed by atoms with van der Waals surface area (Å²) in [6, 6.07) is 35.0. The Labute approximate surface area is 209 Å². The zero-order chi connectivity index (χ0) is 21.3. The summed E-state index contributed by atoms with van der Waals surface area (Å²) in [5, 5.41) is 0. The van der Waals surface area contributed by atoms with Crippen molar-refractivity contribution < 1.29 is 20.1 Å². The molecule has 0 aliphatic rings. The van der Waals surface area contributed by atoms with Crippen LogP contribution < -0.4 is 0 Å². The van der Waals surface area contributed by atoms with Crippen molar-refractivity contribution in [1.82, 2.24) is 14.5 Å². The minimum atomic E-state index is 0. The van der Waals surface area contributed by atoms with Crippen LogP contribution in [-0.4, -0.2) is 14.5 Å². The topological polar surface area (TPSA) is 30.7 Å². The van der Waals surface area contributed by atoms with Gasteiger partial charge in [-0.15, -0.1) is 35.1 Å². The van der Waals surface area contributed by atoms with E-state index in [1.807, 2.05) is 36.1 Å². The zero-order valence-electron chi connectivity index (χ0n) is 17.5. The van der Waals surface area contributed by atoms with E-state index in [0.717, 1.165) is 38.4 Å². The first-order valence-corrected chi connectivity index (χ1v) is 11.3. The molecule has 0 unspecified atom stereocenters. The van der Waals surface area contributed by atoms with E-state index in [-0.39, 0.29) is 20.1 Å². The predicted molar refractivity (Wildman–Crippen MR) is 132 cm³/mol. The van der Waals surface area contributed by atoms with Crippen LogP contribution >= 0.6 is 11.3 Å². The Balaban J connectivity index is 0.00000228. The normalized spacial score (nSPS) is 10.8. The van der Waals surface area contributed by atoms with Crippen molar-refractivity contribution in [3.63, 3.8) is 0 Å². The van der Waals surface area contributed by atoms with Crippen LogP contribution in [0.4, 0.5) is 0 Å². The molecule has 0 bridgehead atoms. The van der Waals surface area contributed by atoms with Gasteiger partial charge >= 0.3 is 0 Å². The third-order valence-electron chi connectivity index (χ3n) is 5.59. The van der Waals surface area contributed by atoms with Gasteiger partial charge in [0.2, 0.25) is 0 Å². The number of nitrogens with zero attached hydrogens (tertiary/aromatic N) is 3. The van der Waals surface area contributed by atoms with Crippen molar-refractivity contribution in [3.05, 3.63) is 115 Å². The first kappa shape index (κ1) is 21.5. The van der Waals surface area contributed by atoms with Crippen molar-refractivity contribution in [2.45, 2.75) is 0 Å². The minimum Gasteiger partial charge on any atom is -0.339 e. The van der Waals surface area contributed by atoms with Crippen LogP contribution in [0.5, 0.6) is 0 Å². The maximum atomic E-state index is 4.74. The molecule has 6 rings (SSSR count). The second-order valence-corrected chi connectivity index (χ2v) is 8.39. The van der Waals surface area contributed by atoms with Crippen LogP contribution in [-0.2, 0) is 20.1 Å². The van der Waals surface area contributed by atoms with Gasteiger partial charge in [0.15, 0.2) is 0 Å². The number of para-hydroxylation sites is 1. The van der Waals surface area contributed by atoms with Crippen LogP contribution in [0.15, 0.2) is 109 Å². The zero-order valence-corrected chi connectivity index (χ0v) is 20.7. The molecule has 0 aliphatic heterocycles. The molecule has 6 aromatic rings. The molecule has 0 atom stereocenters. The molecule has 0 fully saturated rings. The molecule has 0 spiro atoms. The van der Waals surface area contributed by atoms with Gasteiger partial charge in [-0.05, 0) is 21.3 Å². The van der Waals surface area contributed by atoms with E-state index < -0.39 is 0 Å². The van der Waals surface area contributed by atoms with Gasteiger partial charge < -0.3 is 4.57 Å². The summed E-state index contributed by atoms with van der Waals surface area (Å²) in [6.07, 6.45) is 3.89. The molecule has 33 heavy (non-hydrogen) atoms. The van der Waals surface area contributed by atoms with Gasteiger partial charge in [0.1, 0.15) is 0 Å². The van der Waals surface area contributed by atoms with E-state index in [1.165, 1.54) is 11.1 Å². The maximum Gasteiger partial charge on any atom is 0.0674 e. The number of rotatable bonds is 4. The number of fused-ring (bicyclic) bond motifs is 1. The molecule has 2 heterocycles. The number of hydrogen-bond donors (Lipinski definition) is 0. The summed E-state index contributed by atoms with van der Waals surface area (Å²) in [7, 11) is 0. The van der Waals surface area contributed by atoms with E-state index >= 15 is 0 Å². The van der Waals surface area contributed by atoms with Crippen LogP contribution in [0, 0.1) is 6.07 Å². The molecular formula is C28H18IrN3S-. The third-order valence-corrected chi connectivity index (χ3v) is 6.38. The van der Waals surface area contributed by atoms with Crippen LogP contribution in [0.25, 0.3) is 49.5 Å². The maximum absolute atomic E-state index is 4.74. The minimum absolute atomic E-state index is 0. The standard InChI is InChI=1S/C28H18N3S.Ir/c1-3-8-20(9-4-1)23-12-7-13-24(21-10-5-2-6-11-21)27(23)31-17-16-29-28(31)22-14-15-25-26(18-22)32-19-30-25;/h1-13,15-19H;/q-1;. The van der Waals surface area contributed by atoms with Gasteiger partial charge in [-0.25, -0.2) is 0 Å². The fraction of sp³-hybridized carbons (Fsp3) is 0. The van der Waals surface area contributed by atoms with Gasteiger partial charge in [-0.1, -0.05) is 78.9 Å². The quantitative estimate of drug-likeness (QED) is 0.194. The largest absolute Gasteiger partial charge is 0.339 e. The summed E-state index contributed by atoms with van der Waals surface area (Å²) >= 11 is 1.63. The fourth-order valence-corrected chi connectivity index (χ4v) is 4.81. The van der Waals surface area contributed by atoms with E-state index in [9.17, 15) is 0 Å². The van der Waals surface area contributed by atoms with Crippen LogP contribution in [0.1, 0.15) is 0 Å². The molecule has 3 nitrogen and oxygen atoms in total. The Morgan fingerprint density at radius 3 is 2.09 bits per heavy atom. The molecule has 0 amide bonds. The van der Waals surface area contributed by atoms with Gasteiger partial charge in [0, 0.05) is 43.6 Å². The molecule has 0 saturated carbocycles. The summed E-state index contributed by atoms with van der Waals surface area (Å²) in [6.45, 7) is 0. The molecule has 1 radical (unpaired) electrons. The molecule has 4 aromatic carbocycles. The van der Waals surface area contributed by atoms with Gasteiger partial charge in [-0.3, -0.25) is 9.97 Å². The smallest absolute Gasteiger partial charge is 0.0674 e. The van der Waals surface area contributed by atoms with Crippen LogP contribution in [0.3, 0.4) is 0 Å². The van der Waals surface area contributed by atoms with E-state index in [4.69, 9.17) is 4.98 Å². The second-order valence-electron chi connectivity index (χ2n) is 7.50. The molecule has 0 saturated heterocycles. The van der Waals surface area contributed by atoms with E-state index in [2.05, 4.69) is 88.4 Å². The Kier molecular flexibility index (Phi) is 6.01. The van der Waals surface area contributed by atoms with Crippen molar-refractivity contribution in [1.29, 1.82) is 0 Å². The van der Waals surface area contributed by atoms with Crippen LogP contribution in [0.2, 0.25) is 0 Å². The van der Waals surface area contributed by atoms with Crippen molar-refractivity contribution in [2.75, 3.05) is 0 Å². The number of thiazole rings is 1. The molecule has 161 valence electrons. The summed E-state index contributed by atoms with van der Waals surface area (Å²) < 4.78 is 3.32. The Morgan fingerprint density at radius 1 is 0.758 bits per heavy atom. The SMILES string of the molecule is [Ir].[c-]1cc2ncsc2cc1-c1nccn1-c1c(-c2ccccc2)cccc1-c1ccccc1. The van der Waals surface area contributed by atoms with Gasteiger partial charge in [0.25, 0.3) is 0 Å². The average molecular weight is 621 g/mol. The monoisotopic (exact) mass is 621 g/mol. The van der Waals surface area contributed by atoms with Crippen molar-refractivity contribution in [3.8, 4) is 39.3 Å². The predicted octanol–water partition coefficient (Wildman–Crippen LogP) is 7.28. The molecular weight excluding hydrogens is 603 g/mol. The third kappa shape index (κ3) is 3.96. The molecule has 2 aromatic heterocycles. The number of imidazole rings is 1. The summed E-state index contributed by atoms with van der Waals surface area (Å²) in [4.78, 5) is 9.13. The summed E-state index contributed by atoms with van der Waals surface area (Å²) in [5.41, 5.74) is 9.54. The van der Waals surface area contributed by atoms with Crippen molar-refractivity contribution in [2.24, 2.45) is 0 Å². The first-order chi connectivity index (χ1) is 15.9. The van der Waals surface area contributed by atoms with Crippen molar-refractivity contribution >= 4 is 21.6 Å². The van der Waals surface area contributed by atoms with Gasteiger partial charge in [-0.2, -0.15) is 0 Å². The summed E-state index contributed by atoms with van der Waals surface area (Å²) in [5.74, 6) is 0.862. The number of benzene rings is 4. The average Bonchev–Trinajstić information content (AvgIpc) is 3.54. The van der Waals surface area contributed by atoms with E-state index in [1.54, 1.807) is 11.3 Å². The van der Waals surface area contributed by atoms with E-state index in [0.29, 0.717) is 0 Å². The second kappa shape index (κ2) is 9.24. The molecule has 5 heteroatoms. The fourth-order valence-electron chi connectivity index (χ4n) is 4.12.